The van der Waals surface area contributed by atoms with E-state index in [9.17, 15) is 18.0 Å². The molecule has 2 N–H and O–H groups in total. The minimum Gasteiger partial charge on any atom is -0.456 e. The maximum atomic E-state index is 12.1. The predicted molar refractivity (Wildman–Crippen MR) is 61.0 cm³/mol. The number of nitrogen functional groups attached to an aromatic ring is 1. The third-order valence-corrected chi connectivity index (χ3v) is 1.82. The van der Waals surface area contributed by atoms with Crippen LogP contribution in [0.1, 0.15) is 12.5 Å². The Bertz CT molecular complexity index is 529. The molecule has 0 spiro atoms. The van der Waals surface area contributed by atoms with Gasteiger partial charge in [0.1, 0.15) is 0 Å². The van der Waals surface area contributed by atoms with Gasteiger partial charge in [0, 0.05) is 11.5 Å². The molecule has 0 fully saturated rings. The largest absolute Gasteiger partial charge is 0.573 e. The molecule has 0 saturated carbocycles. The molecule has 0 saturated heterocycles. The number of anilines is 1. The fourth-order valence-corrected chi connectivity index (χ4v) is 1.12. The Labute approximate surface area is 107 Å². The molecule has 102 valence electrons. The number of carbonyl (C=O) groups excluding carboxylic acids is 1. The quantitative estimate of drug-likeness (QED) is 0.509. The van der Waals surface area contributed by atoms with Crippen molar-refractivity contribution < 1.29 is 27.4 Å². The molecule has 4 nitrogen and oxygen atoms in total. The van der Waals surface area contributed by atoms with Crippen LogP contribution in [0, 0.1) is 11.8 Å². The number of rotatable bonds is 2. The molecule has 0 bridgehead atoms. The Morgan fingerprint density at radius 2 is 2.11 bits per heavy atom. The van der Waals surface area contributed by atoms with Crippen molar-refractivity contribution in [2.75, 3.05) is 12.3 Å². The Kier molecular flexibility index (Phi) is 4.64. The summed E-state index contributed by atoms with van der Waals surface area (Å²) in [6, 6.07) is 3.57. The first kappa shape index (κ1) is 14.7. The second-order valence-corrected chi connectivity index (χ2v) is 3.27. The van der Waals surface area contributed by atoms with Crippen LogP contribution in [0.2, 0.25) is 0 Å². The molecule has 0 aliphatic rings. The average molecular weight is 273 g/mol. The number of nitrogens with two attached hydrogens (primary N) is 1. The number of halogens is 3. The molecule has 19 heavy (non-hydrogen) atoms. The van der Waals surface area contributed by atoms with E-state index >= 15 is 0 Å². The Morgan fingerprint density at radius 1 is 1.42 bits per heavy atom. The van der Waals surface area contributed by atoms with Gasteiger partial charge >= 0.3 is 12.3 Å². The van der Waals surface area contributed by atoms with Gasteiger partial charge in [-0.25, -0.2) is 4.79 Å². The van der Waals surface area contributed by atoms with E-state index in [0.717, 1.165) is 6.07 Å². The summed E-state index contributed by atoms with van der Waals surface area (Å²) in [5.41, 5.74) is 5.31. The van der Waals surface area contributed by atoms with E-state index in [1.54, 1.807) is 6.92 Å². The van der Waals surface area contributed by atoms with Gasteiger partial charge in [-0.15, -0.1) is 13.2 Å². The minimum atomic E-state index is -4.85. The topological polar surface area (TPSA) is 61.5 Å². The lowest BCUT2D eigenvalue weighted by atomic mass is 10.2. The van der Waals surface area contributed by atoms with Crippen molar-refractivity contribution in [2.24, 2.45) is 0 Å². The van der Waals surface area contributed by atoms with Gasteiger partial charge in [-0.2, -0.15) is 0 Å². The lowest BCUT2D eigenvalue weighted by Crippen LogP contribution is -2.18. The lowest BCUT2D eigenvalue weighted by molar-refractivity contribution is -0.274. The summed E-state index contributed by atoms with van der Waals surface area (Å²) in [5.74, 6) is 3.14. The molecule has 1 aromatic rings. The lowest BCUT2D eigenvalue weighted by Gasteiger charge is -2.10. The van der Waals surface area contributed by atoms with E-state index in [4.69, 9.17) is 5.73 Å². The summed E-state index contributed by atoms with van der Waals surface area (Å²) < 4.78 is 44.5. The van der Waals surface area contributed by atoms with Crippen molar-refractivity contribution in [3.8, 4) is 17.6 Å². The van der Waals surface area contributed by atoms with Crippen LogP contribution in [0.3, 0.4) is 0 Å². The molecule has 0 aromatic heterocycles. The van der Waals surface area contributed by atoms with Crippen molar-refractivity contribution in [3.05, 3.63) is 23.8 Å². The van der Waals surface area contributed by atoms with Gasteiger partial charge in [0.2, 0.25) is 0 Å². The van der Waals surface area contributed by atoms with Crippen LogP contribution >= 0.6 is 0 Å². The zero-order valence-corrected chi connectivity index (χ0v) is 9.88. The molecule has 0 atom stereocenters. The molecule has 1 aromatic carbocycles. The first-order valence-corrected chi connectivity index (χ1v) is 5.16. The summed E-state index contributed by atoms with van der Waals surface area (Å²) in [5, 5.41) is 0. The molecule has 0 unspecified atom stereocenters. The molecule has 0 amide bonds. The number of benzene rings is 1. The van der Waals surface area contributed by atoms with Gasteiger partial charge in [0.05, 0.1) is 12.3 Å². The number of hydrogen-bond donors (Lipinski definition) is 1. The summed E-state index contributed by atoms with van der Waals surface area (Å²) in [6.45, 7) is 1.77. The first-order valence-electron chi connectivity index (χ1n) is 5.16. The normalized spacial score (nSPS) is 10.3. The third-order valence-electron chi connectivity index (χ3n) is 1.82. The standard InChI is InChI=1S/C12H10F3NO3/c1-2-18-11(17)6-4-8-3-5-9(16)10(7-8)19-12(13,14)15/h3,5,7H,2,16H2,1H3. The van der Waals surface area contributed by atoms with E-state index in [0.29, 0.717) is 0 Å². The summed E-state index contributed by atoms with van der Waals surface area (Å²) in [4.78, 5) is 11.0. The van der Waals surface area contributed by atoms with Crippen LogP contribution in [0.25, 0.3) is 0 Å². The molecular formula is C12H10F3NO3. The molecular weight excluding hydrogens is 263 g/mol. The molecule has 0 radical (unpaired) electrons. The molecule has 7 heteroatoms. The van der Waals surface area contributed by atoms with E-state index < -0.39 is 18.1 Å². The highest BCUT2D eigenvalue weighted by Crippen LogP contribution is 2.28. The zero-order valence-electron chi connectivity index (χ0n) is 9.88. The summed E-state index contributed by atoms with van der Waals surface area (Å²) in [6.07, 6.45) is -4.85. The summed E-state index contributed by atoms with van der Waals surface area (Å²) in [7, 11) is 0. The molecule has 0 aliphatic carbocycles. The number of esters is 1. The molecule has 0 heterocycles. The van der Waals surface area contributed by atoms with Crippen LogP contribution in [0.5, 0.6) is 5.75 Å². The number of ether oxygens (including phenoxy) is 2. The first-order chi connectivity index (χ1) is 8.81. The van der Waals surface area contributed by atoms with Crippen LogP contribution in [-0.4, -0.2) is 18.9 Å². The van der Waals surface area contributed by atoms with Crippen LogP contribution in [0.15, 0.2) is 18.2 Å². The Balaban J connectivity index is 2.93. The van der Waals surface area contributed by atoms with Crippen LogP contribution < -0.4 is 10.5 Å². The van der Waals surface area contributed by atoms with Crippen molar-refractivity contribution >= 4 is 11.7 Å². The van der Waals surface area contributed by atoms with E-state index in [1.165, 1.54) is 12.1 Å². The number of carbonyl (C=O) groups is 1. The van der Waals surface area contributed by atoms with E-state index in [2.05, 4.69) is 21.3 Å². The van der Waals surface area contributed by atoms with Gasteiger partial charge in [-0.05, 0) is 25.1 Å². The van der Waals surface area contributed by atoms with Crippen molar-refractivity contribution in [3.63, 3.8) is 0 Å². The molecule has 1 rings (SSSR count). The number of alkyl halides is 3. The minimum absolute atomic E-state index is 0.154. The molecule has 0 aliphatic heterocycles. The maximum Gasteiger partial charge on any atom is 0.573 e. The summed E-state index contributed by atoms with van der Waals surface area (Å²) >= 11 is 0. The van der Waals surface area contributed by atoms with Crippen molar-refractivity contribution in [1.29, 1.82) is 0 Å². The second kappa shape index (κ2) is 6.00. The highest BCUT2D eigenvalue weighted by atomic mass is 19.4. The maximum absolute atomic E-state index is 12.1. The van der Waals surface area contributed by atoms with Gasteiger partial charge < -0.3 is 15.2 Å². The average Bonchev–Trinajstić information content (AvgIpc) is 2.29. The number of hydrogen-bond acceptors (Lipinski definition) is 4. The van der Waals surface area contributed by atoms with E-state index in [1.807, 2.05) is 0 Å². The highest BCUT2D eigenvalue weighted by Gasteiger charge is 2.31. The SMILES string of the molecule is CCOC(=O)C#Cc1ccc(N)c(OC(F)(F)F)c1. The van der Waals surface area contributed by atoms with Gasteiger partial charge in [-0.3, -0.25) is 0 Å². The third kappa shape index (κ3) is 5.21. The fraction of sp³-hybridized carbons (Fsp3) is 0.250. The van der Waals surface area contributed by atoms with E-state index in [-0.39, 0.29) is 17.9 Å². The van der Waals surface area contributed by atoms with Crippen molar-refractivity contribution in [2.45, 2.75) is 13.3 Å². The second-order valence-electron chi connectivity index (χ2n) is 3.27. The van der Waals surface area contributed by atoms with Gasteiger partial charge in [0.15, 0.2) is 5.75 Å². The van der Waals surface area contributed by atoms with Gasteiger partial charge in [0.25, 0.3) is 0 Å². The predicted octanol–water partition coefficient (Wildman–Crippen LogP) is 2.08. The Morgan fingerprint density at radius 3 is 2.68 bits per heavy atom. The Hall–Kier alpha value is -2.36. The van der Waals surface area contributed by atoms with Crippen LogP contribution in [-0.2, 0) is 9.53 Å². The smallest absolute Gasteiger partial charge is 0.456 e. The highest BCUT2D eigenvalue weighted by molar-refractivity contribution is 5.89. The van der Waals surface area contributed by atoms with Crippen molar-refractivity contribution in [1.82, 2.24) is 0 Å². The monoisotopic (exact) mass is 273 g/mol. The van der Waals surface area contributed by atoms with Crippen LogP contribution in [0.4, 0.5) is 18.9 Å². The fourth-order valence-electron chi connectivity index (χ4n) is 1.12. The van der Waals surface area contributed by atoms with Gasteiger partial charge in [-0.1, -0.05) is 5.92 Å². The zero-order chi connectivity index (χ0) is 14.5.